The van der Waals surface area contributed by atoms with E-state index in [0.717, 1.165) is 72.9 Å². The van der Waals surface area contributed by atoms with Gasteiger partial charge in [0.25, 0.3) is 0 Å². The zero-order valence-corrected chi connectivity index (χ0v) is 37.9. The van der Waals surface area contributed by atoms with E-state index < -0.39 is 0 Å². The van der Waals surface area contributed by atoms with Gasteiger partial charge in [-0.15, -0.1) is 0 Å². The van der Waals surface area contributed by atoms with Crippen LogP contribution in [0.1, 0.15) is 22.6 Å². The number of nitrogens with zero attached hydrogens (tertiary/aromatic N) is 5. The SMILES string of the molecule is c1ccc(-c2nc(-c3ccccc3)nc(-c3ccc(-c4cncc5oc6ccc(-n7c8ccccc8c8cc(-c9ccc%10c(c9)-c9ccccc9[C@@H](c9ccccc9)C%10)ccc87)cc6c45)cc3)n2)cc1. The maximum absolute atomic E-state index is 6.52. The Hall–Kier alpha value is -9.26. The number of pyridine rings is 1. The monoisotopic (exact) mass is 895 g/mol. The molecule has 0 saturated heterocycles. The minimum Gasteiger partial charge on any atom is -0.454 e. The number of hydrogen-bond acceptors (Lipinski definition) is 5. The van der Waals surface area contributed by atoms with Crippen molar-refractivity contribution in [2.45, 2.75) is 12.3 Å². The molecule has 0 bridgehead atoms. The second kappa shape index (κ2) is 16.2. The molecule has 0 aliphatic heterocycles. The predicted molar refractivity (Wildman–Crippen MR) is 284 cm³/mol. The summed E-state index contributed by atoms with van der Waals surface area (Å²) in [5.74, 6) is 2.21. The van der Waals surface area contributed by atoms with Crippen LogP contribution in [0.25, 0.3) is 117 Å². The van der Waals surface area contributed by atoms with E-state index in [0.29, 0.717) is 23.4 Å². The standard InChI is InChI=1S/C64H41N5O/c1-4-14-40(15-5-1)52-36-47-29-28-45(34-53(47)50-21-11-10-20-49(50)52)46-30-32-58-54(35-46)51-22-12-13-23-57(51)69(58)48-31-33-59-55(37-48)61-56(38-65-39-60(61)70-59)41-24-26-44(27-25-41)64-67-62(42-16-6-2-7-17-42)66-63(68-64)43-18-8-3-9-19-43/h1-35,37-39,52H,36H2/t52-/m1/s1. The van der Waals surface area contributed by atoms with Crippen LogP contribution in [0, 0.1) is 0 Å². The second-order valence-electron chi connectivity index (χ2n) is 18.2. The first-order valence-electron chi connectivity index (χ1n) is 23.8. The van der Waals surface area contributed by atoms with Crippen LogP contribution in [0.3, 0.4) is 0 Å². The Morgan fingerprint density at radius 1 is 0.400 bits per heavy atom. The van der Waals surface area contributed by atoms with Crippen molar-refractivity contribution >= 4 is 43.7 Å². The van der Waals surface area contributed by atoms with E-state index in [4.69, 9.17) is 19.4 Å². The van der Waals surface area contributed by atoms with E-state index >= 15 is 0 Å². The molecule has 70 heavy (non-hydrogen) atoms. The van der Waals surface area contributed by atoms with Gasteiger partial charge in [-0.1, -0.05) is 176 Å². The maximum atomic E-state index is 6.52. The number of benzene rings is 9. The number of para-hydroxylation sites is 1. The normalized spacial score (nSPS) is 13.2. The summed E-state index contributed by atoms with van der Waals surface area (Å²) in [6.45, 7) is 0. The number of fused-ring (bicyclic) bond motifs is 9. The first-order valence-corrected chi connectivity index (χ1v) is 23.8. The molecule has 4 heterocycles. The molecule has 4 aromatic heterocycles. The lowest BCUT2D eigenvalue weighted by atomic mass is 9.75. The van der Waals surface area contributed by atoms with Crippen LogP contribution < -0.4 is 0 Å². The summed E-state index contributed by atoms with van der Waals surface area (Å²) in [5, 5.41) is 4.46. The first kappa shape index (κ1) is 39.9. The number of hydrogen-bond donors (Lipinski definition) is 0. The second-order valence-corrected chi connectivity index (χ2v) is 18.2. The minimum atomic E-state index is 0.338. The summed E-state index contributed by atoms with van der Waals surface area (Å²) in [7, 11) is 0. The van der Waals surface area contributed by atoms with Gasteiger partial charge in [0.1, 0.15) is 5.58 Å². The summed E-state index contributed by atoms with van der Waals surface area (Å²) in [6, 6.07) is 77.7. The van der Waals surface area contributed by atoms with Gasteiger partial charge in [0.15, 0.2) is 23.1 Å². The Labute approximate surface area is 403 Å². The summed E-state index contributed by atoms with van der Waals surface area (Å²) < 4.78 is 8.91. The molecular weight excluding hydrogens is 855 g/mol. The van der Waals surface area contributed by atoms with E-state index in [1.54, 1.807) is 0 Å². The molecule has 1 atom stereocenters. The lowest BCUT2D eigenvalue weighted by Crippen LogP contribution is -2.12. The molecule has 0 saturated carbocycles. The quantitative estimate of drug-likeness (QED) is 0.159. The third-order valence-electron chi connectivity index (χ3n) is 14.1. The Morgan fingerprint density at radius 2 is 1.00 bits per heavy atom. The topological polar surface area (TPSA) is 69.6 Å². The van der Waals surface area contributed by atoms with Crippen molar-refractivity contribution in [1.29, 1.82) is 0 Å². The van der Waals surface area contributed by atoms with E-state index in [1.165, 1.54) is 49.7 Å². The van der Waals surface area contributed by atoms with Crippen molar-refractivity contribution in [3.63, 3.8) is 0 Å². The van der Waals surface area contributed by atoms with E-state index in [-0.39, 0.29) is 0 Å². The van der Waals surface area contributed by atoms with Gasteiger partial charge in [-0.25, -0.2) is 15.0 Å². The number of aromatic nitrogens is 5. The predicted octanol–water partition coefficient (Wildman–Crippen LogP) is 16.0. The summed E-state index contributed by atoms with van der Waals surface area (Å²) in [5.41, 5.74) is 18.9. The Bertz CT molecular complexity index is 4080. The summed E-state index contributed by atoms with van der Waals surface area (Å²) in [6.07, 6.45) is 4.74. The fourth-order valence-corrected chi connectivity index (χ4v) is 10.8. The average Bonchev–Trinajstić information content (AvgIpc) is 3.98. The Kier molecular flexibility index (Phi) is 9.24. The van der Waals surface area contributed by atoms with Gasteiger partial charge in [-0.3, -0.25) is 4.98 Å². The average molecular weight is 896 g/mol. The van der Waals surface area contributed by atoms with Gasteiger partial charge in [0.2, 0.25) is 0 Å². The van der Waals surface area contributed by atoms with E-state index in [2.05, 4.69) is 167 Å². The molecule has 0 radical (unpaired) electrons. The minimum absolute atomic E-state index is 0.338. The molecule has 0 fully saturated rings. The molecule has 14 rings (SSSR count). The van der Waals surface area contributed by atoms with Crippen molar-refractivity contribution in [1.82, 2.24) is 24.5 Å². The summed E-state index contributed by atoms with van der Waals surface area (Å²) >= 11 is 0. The third-order valence-corrected chi connectivity index (χ3v) is 14.1. The van der Waals surface area contributed by atoms with E-state index in [9.17, 15) is 0 Å². The molecule has 328 valence electrons. The van der Waals surface area contributed by atoms with Crippen molar-refractivity contribution in [3.05, 3.63) is 247 Å². The molecular formula is C64H41N5O. The van der Waals surface area contributed by atoms with Crippen LogP contribution >= 0.6 is 0 Å². The molecule has 13 aromatic rings. The van der Waals surface area contributed by atoms with Gasteiger partial charge >= 0.3 is 0 Å². The highest BCUT2D eigenvalue weighted by Gasteiger charge is 2.26. The maximum Gasteiger partial charge on any atom is 0.164 e. The largest absolute Gasteiger partial charge is 0.454 e. The molecule has 0 spiro atoms. The highest BCUT2D eigenvalue weighted by Crippen LogP contribution is 2.45. The highest BCUT2D eigenvalue weighted by atomic mass is 16.3. The molecule has 6 nitrogen and oxygen atoms in total. The van der Waals surface area contributed by atoms with Crippen LogP contribution in [0.5, 0.6) is 0 Å². The van der Waals surface area contributed by atoms with Gasteiger partial charge in [0, 0.05) is 61.6 Å². The molecule has 1 aliphatic rings. The zero-order chi connectivity index (χ0) is 46.1. The van der Waals surface area contributed by atoms with Crippen molar-refractivity contribution < 1.29 is 4.42 Å². The Morgan fingerprint density at radius 3 is 1.76 bits per heavy atom. The fraction of sp³-hybridized carbons (Fsp3) is 0.0312. The fourth-order valence-electron chi connectivity index (χ4n) is 10.8. The summed E-state index contributed by atoms with van der Waals surface area (Å²) in [4.78, 5) is 19.5. The van der Waals surface area contributed by atoms with Crippen molar-refractivity contribution in [2.24, 2.45) is 0 Å². The lowest BCUT2D eigenvalue weighted by molar-refractivity contribution is 0.667. The molecule has 0 N–H and O–H groups in total. The molecule has 0 unspecified atom stereocenters. The van der Waals surface area contributed by atoms with Gasteiger partial charge < -0.3 is 8.98 Å². The van der Waals surface area contributed by atoms with Crippen molar-refractivity contribution in [3.8, 4) is 73.2 Å². The number of rotatable bonds is 7. The Balaban J connectivity index is 0.841. The van der Waals surface area contributed by atoms with Crippen LogP contribution in [-0.2, 0) is 6.42 Å². The molecule has 1 aliphatic carbocycles. The van der Waals surface area contributed by atoms with Crippen LogP contribution in [0.4, 0.5) is 0 Å². The smallest absolute Gasteiger partial charge is 0.164 e. The van der Waals surface area contributed by atoms with Gasteiger partial charge in [-0.05, 0) is 93.4 Å². The van der Waals surface area contributed by atoms with Gasteiger partial charge in [-0.2, -0.15) is 0 Å². The molecule has 6 heteroatoms. The van der Waals surface area contributed by atoms with Gasteiger partial charge in [0.05, 0.1) is 17.2 Å². The van der Waals surface area contributed by atoms with Crippen LogP contribution in [0.2, 0.25) is 0 Å². The molecule has 9 aromatic carbocycles. The zero-order valence-electron chi connectivity index (χ0n) is 37.9. The first-order chi connectivity index (χ1) is 34.7. The number of furan rings is 1. The van der Waals surface area contributed by atoms with Crippen molar-refractivity contribution in [2.75, 3.05) is 0 Å². The third kappa shape index (κ3) is 6.64. The van der Waals surface area contributed by atoms with E-state index in [1.807, 2.05) is 73.1 Å². The molecule has 0 amide bonds. The highest BCUT2D eigenvalue weighted by molar-refractivity contribution is 6.14. The van der Waals surface area contributed by atoms with Crippen LogP contribution in [-0.4, -0.2) is 24.5 Å². The lowest BCUT2D eigenvalue weighted by Gasteiger charge is -2.29. The van der Waals surface area contributed by atoms with Crippen LogP contribution in [0.15, 0.2) is 235 Å².